The molecule has 1 aromatic rings. The molecule has 4 N–H and O–H groups in total. The lowest BCUT2D eigenvalue weighted by atomic mass is 10.0. The van der Waals surface area contributed by atoms with E-state index in [1.54, 1.807) is 0 Å². The molecule has 1 fully saturated rings. The maximum atomic E-state index is 15.9. The molecule has 13 nitrogen and oxygen atoms in total. The Bertz CT molecular complexity index is 1440. The molecule has 1 aliphatic heterocycles. The number of carboxylic acid groups (broad SMARTS) is 2. The molecule has 0 spiro atoms. The monoisotopic (exact) mass is 884 g/mol. The largest absolute Gasteiger partial charge is 0.481 e. The number of anilines is 1. The summed E-state index contributed by atoms with van der Waals surface area (Å²) < 4.78 is 48.6. The summed E-state index contributed by atoms with van der Waals surface area (Å²) in [6.45, 7) is -0.566. The Kier molecular flexibility index (Phi) is 29.8. The number of nitrogen functional groups attached to an aromatic ring is 1. The van der Waals surface area contributed by atoms with Crippen LogP contribution in [0, 0.1) is 0 Å². The quantitative estimate of drug-likeness (QED) is 0.0417. The molecule has 0 aromatic carbocycles. The van der Waals surface area contributed by atoms with E-state index in [1.807, 2.05) is 0 Å². The van der Waals surface area contributed by atoms with Gasteiger partial charge in [0.1, 0.15) is 18.5 Å². The second-order valence-corrected chi connectivity index (χ2v) is 17.2. The van der Waals surface area contributed by atoms with Crippen molar-refractivity contribution in [2.75, 3.05) is 12.3 Å². The van der Waals surface area contributed by atoms with Crippen molar-refractivity contribution < 1.29 is 52.4 Å². The number of nitrogens with two attached hydrogens (primary N) is 1. The number of carbonyl (C=O) groups is 4. The topological polar surface area (TPSA) is 197 Å². The Morgan fingerprint density at radius 1 is 0.597 bits per heavy atom. The fourth-order valence-electron chi connectivity index (χ4n) is 7.99. The van der Waals surface area contributed by atoms with Crippen LogP contribution in [0.5, 0.6) is 0 Å². The van der Waals surface area contributed by atoms with E-state index in [0.717, 1.165) is 109 Å². The zero-order valence-corrected chi connectivity index (χ0v) is 37.5. The Balaban J connectivity index is 1.62. The number of aliphatic carboxylic acids is 2. The lowest BCUT2D eigenvalue weighted by Crippen LogP contribution is -2.44. The van der Waals surface area contributed by atoms with Gasteiger partial charge < -0.3 is 30.2 Å². The van der Waals surface area contributed by atoms with Gasteiger partial charge in [-0.05, 0) is 31.7 Å². The van der Waals surface area contributed by atoms with Crippen molar-refractivity contribution in [2.24, 2.45) is 0 Å². The van der Waals surface area contributed by atoms with Gasteiger partial charge in [-0.25, -0.2) is 4.79 Å². The summed E-state index contributed by atoms with van der Waals surface area (Å²) >= 11 is 0. The van der Waals surface area contributed by atoms with Crippen molar-refractivity contribution in [2.45, 2.75) is 243 Å². The molecule has 0 aliphatic carbocycles. The van der Waals surface area contributed by atoms with E-state index >= 15 is 8.78 Å². The van der Waals surface area contributed by atoms with Gasteiger partial charge in [-0.3, -0.25) is 23.7 Å². The predicted molar refractivity (Wildman–Crippen MR) is 235 cm³/mol. The first kappa shape index (κ1) is 54.5. The van der Waals surface area contributed by atoms with E-state index in [0.29, 0.717) is 17.4 Å². The number of hydrogen-bond donors (Lipinski definition) is 3. The summed E-state index contributed by atoms with van der Waals surface area (Å²) in [4.78, 5) is 62.6. The molecule has 62 heavy (non-hydrogen) atoms. The highest BCUT2D eigenvalue weighted by atomic mass is 19.3. The zero-order valence-electron chi connectivity index (χ0n) is 37.5. The zero-order chi connectivity index (χ0) is 45.3. The number of unbranched alkanes of at least 4 members (excludes halogenated alkanes) is 28. The van der Waals surface area contributed by atoms with Crippen LogP contribution in [0.4, 0.5) is 14.6 Å². The average molecular weight is 884 g/mol. The maximum absolute atomic E-state index is 15.9. The molecule has 0 radical (unpaired) electrons. The standard InChI is InChI=1S/C47H79F2N3O10/c48-47(49)44(62-43(58)34-30-26-22-18-14-10-6-2-4-8-12-16-20-24-28-32-41(55)56)38(61-45(47)52-36-35-39(50)51-46(52)59)37-60-42(57)33-29-25-21-17-13-9-5-1-3-7-11-15-19-23-27-31-40(53)54/h35-36,38,44-45H,1-34,37H2,(H,53,54)(H,55,56)(H2,50,51,59)/t38-,44?,45-/m1/s1. The van der Waals surface area contributed by atoms with Gasteiger partial charge in [0.05, 0.1) is 0 Å². The second-order valence-electron chi connectivity index (χ2n) is 17.2. The SMILES string of the molecule is Nc1ccn([C@@H]2O[C@H](COC(=O)CCCCCCCCCCCCCCCCCC(=O)O)C(OC(=O)CCCCCCCCCCCCCCCCCC(=O)O)C2(F)F)c(=O)n1. The number of carboxylic acids is 2. The number of esters is 2. The van der Waals surface area contributed by atoms with Gasteiger partial charge in [0.15, 0.2) is 6.10 Å². The molecule has 0 saturated carbocycles. The lowest BCUT2D eigenvalue weighted by molar-refractivity contribution is -0.177. The molecule has 0 amide bonds. The maximum Gasteiger partial charge on any atom is 0.351 e. The van der Waals surface area contributed by atoms with E-state index < -0.39 is 60.5 Å². The number of halogens is 2. The fraction of sp³-hybridized carbons (Fsp3) is 0.830. The van der Waals surface area contributed by atoms with Gasteiger partial charge in [0.25, 0.3) is 0 Å². The highest BCUT2D eigenvalue weighted by Crippen LogP contribution is 2.44. The summed E-state index contributed by atoms with van der Waals surface area (Å²) in [5.41, 5.74) is 4.51. The van der Waals surface area contributed by atoms with Crippen LogP contribution in [-0.2, 0) is 33.4 Å². The third-order valence-corrected chi connectivity index (χ3v) is 11.7. The summed E-state index contributed by atoms with van der Waals surface area (Å²) in [6, 6.07) is 1.19. The van der Waals surface area contributed by atoms with Crippen LogP contribution < -0.4 is 11.4 Å². The Hall–Kier alpha value is -3.62. The first-order chi connectivity index (χ1) is 29.9. The molecular weight excluding hydrogens is 805 g/mol. The minimum Gasteiger partial charge on any atom is -0.481 e. The van der Waals surface area contributed by atoms with Gasteiger partial charge in [-0.1, -0.05) is 167 Å². The molecule has 2 heterocycles. The van der Waals surface area contributed by atoms with Crippen molar-refractivity contribution in [3.05, 3.63) is 22.7 Å². The van der Waals surface area contributed by atoms with E-state index in [1.165, 1.54) is 83.1 Å². The van der Waals surface area contributed by atoms with E-state index in [2.05, 4.69) is 4.98 Å². The highest BCUT2D eigenvalue weighted by Gasteiger charge is 2.62. The van der Waals surface area contributed by atoms with Gasteiger partial charge in [-0.2, -0.15) is 13.8 Å². The minimum atomic E-state index is -3.83. The van der Waals surface area contributed by atoms with Crippen LogP contribution in [0.25, 0.3) is 0 Å². The number of ether oxygens (including phenoxy) is 3. The van der Waals surface area contributed by atoms with Crippen LogP contribution in [0.2, 0.25) is 0 Å². The predicted octanol–water partition coefficient (Wildman–Crippen LogP) is 11.2. The van der Waals surface area contributed by atoms with Crippen LogP contribution in [0.3, 0.4) is 0 Å². The first-order valence-electron chi connectivity index (χ1n) is 24.1. The van der Waals surface area contributed by atoms with Crippen molar-refractivity contribution in [1.82, 2.24) is 9.55 Å². The molecule has 1 unspecified atom stereocenters. The molecule has 15 heteroatoms. The molecule has 3 atom stereocenters. The van der Waals surface area contributed by atoms with E-state index in [9.17, 15) is 24.0 Å². The van der Waals surface area contributed by atoms with Crippen LogP contribution in [-0.4, -0.2) is 68.4 Å². The Morgan fingerprint density at radius 3 is 1.29 bits per heavy atom. The summed E-state index contributed by atoms with van der Waals surface area (Å²) in [6.07, 6.45) is 27.4. The lowest BCUT2D eigenvalue weighted by Gasteiger charge is -2.24. The highest BCUT2D eigenvalue weighted by molar-refractivity contribution is 5.70. The van der Waals surface area contributed by atoms with Gasteiger partial charge in [-0.15, -0.1) is 0 Å². The fourth-order valence-corrected chi connectivity index (χ4v) is 7.99. The number of alkyl halides is 2. The number of rotatable bonds is 40. The van der Waals surface area contributed by atoms with Crippen molar-refractivity contribution in [1.29, 1.82) is 0 Å². The van der Waals surface area contributed by atoms with Crippen molar-refractivity contribution >= 4 is 29.7 Å². The third-order valence-electron chi connectivity index (χ3n) is 11.7. The van der Waals surface area contributed by atoms with Crippen molar-refractivity contribution in [3.63, 3.8) is 0 Å². The third kappa shape index (κ3) is 25.5. The molecule has 1 aliphatic rings. The van der Waals surface area contributed by atoms with Gasteiger partial charge in [0.2, 0.25) is 6.23 Å². The van der Waals surface area contributed by atoms with Crippen LogP contribution >= 0.6 is 0 Å². The van der Waals surface area contributed by atoms with E-state index in [4.69, 9.17) is 30.2 Å². The smallest absolute Gasteiger partial charge is 0.351 e. The number of aromatic nitrogens is 2. The van der Waals surface area contributed by atoms with E-state index in [-0.39, 0.29) is 31.5 Å². The normalized spacial score (nSPS) is 17.0. The second kappa shape index (κ2) is 33.9. The first-order valence-corrected chi connectivity index (χ1v) is 24.1. The Morgan fingerprint density at radius 2 is 0.935 bits per heavy atom. The molecule has 356 valence electrons. The molecule has 0 bridgehead atoms. The van der Waals surface area contributed by atoms with Crippen molar-refractivity contribution in [3.8, 4) is 0 Å². The number of hydrogen-bond acceptors (Lipinski definition) is 10. The summed E-state index contributed by atoms with van der Waals surface area (Å²) in [5, 5.41) is 17.4. The summed E-state index contributed by atoms with van der Waals surface area (Å²) in [7, 11) is 0. The number of carbonyl (C=O) groups excluding carboxylic acids is 2. The Labute approximate surface area is 368 Å². The van der Waals surface area contributed by atoms with Crippen LogP contribution in [0.1, 0.15) is 225 Å². The molecule has 1 saturated heterocycles. The molecule has 1 aromatic heterocycles. The minimum absolute atomic E-state index is 0.0490. The average Bonchev–Trinajstić information content (AvgIpc) is 3.46. The van der Waals surface area contributed by atoms with Gasteiger partial charge >= 0.3 is 35.5 Å². The molecule has 2 rings (SSSR count). The van der Waals surface area contributed by atoms with Crippen LogP contribution in [0.15, 0.2) is 17.1 Å². The molecular formula is C47H79F2N3O10. The summed E-state index contributed by atoms with van der Waals surface area (Å²) in [5.74, 6) is -6.78. The number of nitrogens with zero attached hydrogens (tertiary/aromatic N) is 2. The van der Waals surface area contributed by atoms with Gasteiger partial charge in [0, 0.05) is 31.9 Å².